The summed E-state index contributed by atoms with van der Waals surface area (Å²) in [6.45, 7) is 4.01. The van der Waals surface area contributed by atoms with Crippen molar-refractivity contribution in [1.29, 1.82) is 0 Å². The molecule has 1 heterocycles. The lowest BCUT2D eigenvalue weighted by Crippen LogP contribution is -2.21. The van der Waals surface area contributed by atoms with Crippen LogP contribution in [0.2, 0.25) is 0 Å². The summed E-state index contributed by atoms with van der Waals surface area (Å²) >= 11 is 1.35. The Morgan fingerprint density at radius 1 is 1.35 bits per heavy atom. The van der Waals surface area contributed by atoms with Gasteiger partial charge in [-0.25, -0.2) is 0 Å². The first-order chi connectivity index (χ1) is 9.63. The van der Waals surface area contributed by atoms with Crippen LogP contribution in [0.3, 0.4) is 0 Å². The summed E-state index contributed by atoms with van der Waals surface area (Å²) in [6.07, 6.45) is 1.65. The number of amides is 1. The molecule has 2 aromatic rings. The number of aromatic nitrogens is 2. The van der Waals surface area contributed by atoms with Crippen molar-refractivity contribution in [2.45, 2.75) is 26.7 Å². The molecule has 20 heavy (non-hydrogen) atoms. The number of nitrogen functional groups attached to an aromatic ring is 1. The third-order valence-corrected chi connectivity index (χ3v) is 4.03. The molecule has 0 saturated carbocycles. The summed E-state index contributed by atoms with van der Waals surface area (Å²) in [5, 5.41) is 12.2. The maximum Gasteiger partial charge on any atom is 0.229 e. The van der Waals surface area contributed by atoms with Gasteiger partial charge in [0.15, 0.2) is 0 Å². The number of nitrogens with one attached hydrogen (secondary N) is 1. The van der Waals surface area contributed by atoms with Gasteiger partial charge in [-0.15, -0.1) is 10.2 Å². The fourth-order valence-corrected chi connectivity index (χ4v) is 2.67. The van der Waals surface area contributed by atoms with E-state index >= 15 is 0 Å². The van der Waals surface area contributed by atoms with Crippen LogP contribution in [0.5, 0.6) is 0 Å². The average Bonchev–Trinajstić information content (AvgIpc) is 2.88. The molecule has 0 spiro atoms. The number of hydrogen-bond acceptors (Lipinski definition) is 5. The quantitative estimate of drug-likeness (QED) is 0.829. The van der Waals surface area contributed by atoms with Crippen molar-refractivity contribution < 1.29 is 4.79 Å². The molecule has 0 fully saturated rings. The van der Waals surface area contributed by atoms with Crippen LogP contribution in [-0.4, -0.2) is 16.1 Å². The first kappa shape index (κ1) is 14.5. The highest BCUT2D eigenvalue weighted by molar-refractivity contribution is 7.18. The normalized spacial score (nSPS) is 10.8. The Kier molecular flexibility index (Phi) is 4.68. The number of rotatable bonds is 5. The molecule has 0 saturated heterocycles. The van der Waals surface area contributed by atoms with Gasteiger partial charge in [-0.2, -0.15) is 0 Å². The Hall–Kier alpha value is -1.95. The number of benzene rings is 1. The fraction of sp³-hybridized carbons (Fsp3) is 0.357. The number of carbonyl (C=O) groups is 1. The number of nitrogens with two attached hydrogens (primary N) is 1. The van der Waals surface area contributed by atoms with Crippen LogP contribution in [-0.2, 0) is 4.79 Å². The van der Waals surface area contributed by atoms with Crippen LogP contribution in [0.1, 0.15) is 26.7 Å². The smallest absolute Gasteiger partial charge is 0.229 e. The lowest BCUT2D eigenvalue weighted by molar-refractivity contribution is -0.120. The predicted molar refractivity (Wildman–Crippen MR) is 82.5 cm³/mol. The lowest BCUT2D eigenvalue weighted by Gasteiger charge is -2.09. The van der Waals surface area contributed by atoms with Crippen LogP contribution < -0.4 is 11.1 Å². The van der Waals surface area contributed by atoms with E-state index in [0.717, 1.165) is 23.4 Å². The van der Waals surface area contributed by atoms with Crippen LogP contribution in [0.25, 0.3) is 10.6 Å². The van der Waals surface area contributed by atoms with Gasteiger partial charge in [0.25, 0.3) is 0 Å². The van der Waals surface area contributed by atoms with Crippen molar-refractivity contribution in [3.8, 4) is 10.6 Å². The van der Waals surface area contributed by atoms with Crippen LogP contribution in [0.4, 0.5) is 10.8 Å². The standard InChI is InChI=1S/C14H18N4OS/c1-3-9(4-2)12(19)16-14-18-17-13(20-14)10-6-5-7-11(15)8-10/h5-9H,3-4,15H2,1-2H3,(H,16,18,19). The predicted octanol–water partition coefficient (Wildman–Crippen LogP) is 3.16. The van der Waals surface area contributed by atoms with Gasteiger partial charge in [0.1, 0.15) is 5.01 Å². The first-order valence-corrected chi connectivity index (χ1v) is 7.46. The zero-order chi connectivity index (χ0) is 14.5. The third kappa shape index (κ3) is 3.33. The maximum atomic E-state index is 12.0. The summed E-state index contributed by atoms with van der Waals surface area (Å²) in [7, 11) is 0. The minimum Gasteiger partial charge on any atom is -0.399 e. The molecule has 1 aromatic heterocycles. The molecule has 0 aliphatic rings. The van der Waals surface area contributed by atoms with Gasteiger partial charge in [-0.05, 0) is 25.0 Å². The second-order valence-electron chi connectivity index (χ2n) is 4.54. The third-order valence-electron chi connectivity index (χ3n) is 3.15. The summed E-state index contributed by atoms with van der Waals surface area (Å²) in [6, 6.07) is 7.45. The molecular weight excluding hydrogens is 272 g/mol. The largest absolute Gasteiger partial charge is 0.399 e. The van der Waals surface area contributed by atoms with Gasteiger partial charge in [-0.3, -0.25) is 4.79 Å². The van der Waals surface area contributed by atoms with Gasteiger partial charge in [0, 0.05) is 17.2 Å². The lowest BCUT2D eigenvalue weighted by atomic mass is 10.0. The van der Waals surface area contributed by atoms with Gasteiger partial charge in [-0.1, -0.05) is 37.3 Å². The van der Waals surface area contributed by atoms with Crippen molar-refractivity contribution in [3.63, 3.8) is 0 Å². The molecule has 0 aliphatic carbocycles. The Morgan fingerprint density at radius 3 is 2.75 bits per heavy atom. The molecule has 0 atom stereocenters. The Labute approximate surface area is 122 Å². The van der Waals surface area contributed by atoms with E-state index in [1.54, 1.807) is 0 Å². The molecule has 0 aliphatic heterocycles. The van der Waals surface area contributed by atoms with E-state index < -0.39 is 0 Å². The van der Waals surface area contributed by atoms with Gasteiger partial charge in [0.05, 0.1) is 0 Å². The molecule has 0 unspecified atom stereocenters. The van der Waals surface area contributed by atoms with E-state index in [9.17, 15) is 4.79 Å². The number of anilines is 2. The first-order valence-electron chi connectivity index (χ1n) is 6.64. The molecule has 1 amide bonds. The highest BCUT2D eigenvalue weighted by Gasteiger charge is 2.16. The van der Waals surface area contributed by atoms with Gasteiger partial charge >= 0.3 is 0 Å². The van der Waals surface area contributed by atoms with Crippen molar-refractivity contribution in [2.24, 2.45) is 5.92 Å². The van der Waals surface area contributed by atoms with Crippen LogP contribution in [0, 0.1) is 5.92 Å². The Balaban J connectivity index is 2.11. The van der Waals surface area contributed by atoms with Crippen molar-refractivity contribution in [1.82, 2.24) is 10.2 Å². The zero-order valence-electron chi connectivity index (χ0n) is 11.6. The van der Waals surface area contributed by atoms with Gasteiger partial charge < -0.3 is 11.1 Å². The summed E-state index contributed by atoms with van der Waals surface area (Å²) in [4.78, 5) is 12.0. The van der Waals surface area contributed by atoms with E-state index in [1.165, 1.54) is 11.3 Å². The minimum atomic E-state index is 0.00488. The Bertz CT molecular complexity index is 592. The maximum absolute atomic E-state index is 12.0. The van der Waals surface area contributed by atoms with Crippen LogP contribution in [0.15, 0.2) is 24.3 Å². The zero-order valence-corrected chi connectivity index (χ0v) is 12.4. The highest BCUT2D eigenvalue weighted by Crippen LogP contribution is 2.27. The Morgan fingerprint density at radius 2 is 2.10 bits per heavy atom. The van der Waals surface area contributed by atoms with E-state index in [1.807, 2.05) is 38.1 Å². The topological polar surface area (TPSA) is 80.9 Å². The molecule has 0 radical (unpaired) electrons. The molecule has 6 heteroatoms. The molecule has 1 aromatic carbocycles. The van der Waals surface area contributed by atoms with Crippen molar-refractivity contribution in [3.05, 3.63) is 24.3 Å². The SMILES string of the molecule is CCC(CC)C(=O)Nc1nnc(-c2cccc(N)c2)s1. The summed E-state index contributed by atoms with van der Waals surface area (Å²) < 4.78 is 0. The average molecular weight is 290 g/mol. The molecule has 106 valence electrons. The molecular formula is C14H18N4OS. The van der Waals surface area contributed by atoms with E-state index in [-0.39, 0.29) is 11.8 Å². The van der Waals surface area contributed by atoms with Gasteiger partial charge in [0.2, 0.25) is 11.0 Å². The second-order valence-corrected chi connectivity index (χ2v) is 5.52. The minimum absolute atomic E-state index is 0.00488. The second kappa shape index (κ2) is 6.47. The fourth-order valence-electron chi connectivity index (χ4n) is 1.93. The summed E-state index contributed by atoms with van der Waals surface area (Å²) in [5.41, 5.74) is 7.33. The molecule has 2 rings (SSSR count). The van der Waals surface area contributed by atoms with E-state index in [0.29, 0.717) is 10.8 Å². The monoisotopic (exact) mass is 290 g/mol. The van der Waals surface area contributed by atoms with E-state index in [2.05, 4.69) is 15.5 Å². The molecule has 5 nitrogen and oxygen atoms in total. The summed E-state index contributed by atoms with van der Waals surface area (Å²) in [5.74, 6) is 0.0278. The number of hydrogen-bond donors (Lipinski definition) is 2. The van der Waals surface area contributed by atoms with Crippen LogP contribution >= 0.6 is 11.3 Å². The highest BCUT2D eigenvalue weighted by atomic mass is 32.1. The molecule has 0 bridgehead atoms. The number of nitrogens with zero attached hydrogens (tertiary/aromatic N) is 2. The van der Waals surface area contributed by atoms with Crippen molar-refractivity contribution in [2.75, 3.05) is 11.1 Å². The van der Waals surface area contributed by atoms with E-state index in [4.69, 9.17) is 5.73 Å². The number of carbonyl (C=O) groups excluding carboxylic acids is 1. The van der Waals surface area contributed by atoms with Crippen molar-refractivity contribution >= 4 is 28.1 Å². The molecule has 3 N–H and O–H groups in total.